The van der Waals surface area contributed by atoms with Gasteiger partial charge in [0.25, 0.3) is 0 Å². The molecular weight excluding hydrogens is 255 g/mol. The van der Waals surface area contributed by atoms with Crippen molar-refractivity contribution in [3.8, 4) is 0 Å². The highest BCUT2D eigenvalue weighted by molar-refractivity contribution is 6.35. The highest BCUT2D eigenvalue weighted by atomic mass is 35.5. The Morgan fingerprint density at radius 2 is 2.12 bits per heavy atom. The van der Waals surface area contributed by atoms with E-state index in [-0.39, 0.29) is 23.6 Å². The predicted molar refractivity (Wildman–Crippen MR) is 58.4 cm³/mol. The van der Waals surface area contributed by atoms with E-state index in [9.17, 15) is 5.11 Å². The van der Waals surface area contributed by atoms with Crippen molar-refractivity contribution in [2.24, 2.45) is 0 Å². The molecule has 0 aromatic carbocycles. The first-order valence-electron chi connectivity index (χ1n) is 4.45. The first-order chi connectivity index (χ1) is 7.61. The van der Waals surface area contributed by atoms with Crippen LogP contribution in [0, 0.1) is 0 Å². The van der Waals surface area contributed by atoms with Gasteiger partial charge in [0.1, 0.15) is 5.15 Å². The first kappa shape index (κ1) is 11.5. The molecule has 2 heterocycles. The van der Waals surface area contributed by atoms with Crippen LogP contribution in [0.4, 0.5) is 0 Å². The van der Waals surface area contributed by atoms with Gasteiger partial charge in [0.05, 0.1) is 30.8 Å². The molecule has 0 amide bonds. The van der Waals surface area contributed by atoms with Crippen LogP contribution in [0.15, 0.2) is 6.20 Å². The van der Waals surface area contributed by atoms with Crippen LogP contribution >= 0.6 is 23.2 Å². The number of aliphatic hydroxyl groups excluding tert-OH is 2. The number of rotatable bonds is 3. The van der Waals surface area contributed by atoms with E-state index in [0.717, 1.165) is 0 Å². The monoisotopic (exact) mass is 262 g/mol. The molecule has 1 unspecified atom stereocenters. The number of hydrogen-bond donors (Lipinski definition) is 2. The number of aliphatic hydroxyl groups is 2. The molecule has 0 spiro atoms. The first-order valence-corrected chi connectivity index (χ1v) is 5.21. The minimum absolute atomic E-state index is 0.0118. The summed E-state index contributed by atoms with van der Waals surface area (Å²) in [6, 6.07) is 0. The summed E-state index contributed by atoms with van der Waals surface area (Å²) in [5.74, 6) is 0. The lowest BCUT2D eigenvalue weighted by Crippen LogP contribution is -2.20. The number of fused-ring (bicyclic) bond motifs is 1. The van der Waals surface area contributed by atoms with Crippen molar-refractivity contribution in [3.63, 3.8) is 0 Å². The third-order valence-electron chi connectivity index (χ3n) is 2.02. The summed E-state index contributed by atoms with van der Waals surface area (Å²) in [6.07, 6.45) is 0.577. The molecule has 8 heteroatoms. The van der Waals surface area contributed by atoms with Crippen molar-refractivity contribution in [3.05, 3.63) is 16.6 Å². The SMILES string of the molecule is OCC(O)Cn1ncc2c(Cl)nc(Cl)nc21. The lowest BCUT2D eigenvalue weighted by atomic mass is 10.4. The average molecular weight is 263 g/mol. The van der Waals surface area contributed by atoms with Crippen LogP contribution in [0.2, 0.25) is 10.4 Å². The Morgan fingerprint density at radius 1 is 1.38 bits per heavy atom. The van der Waals surface area contributed by atoms with E-state index in [1.807, 2.05) is 0 Å². The average Bonchev–Trinajstić information content (AvgIpc) is 2.61. The summed E-state index contributed by atoms with van der Waals surface area (Å²) >= 11 is 11.5. The topological polar surface area (TPSA) is 84.1 Å². The fraction of sp³-hybridized carbons (Fsp3) is 0.375. The number of aromatic nitrogens is 4. The van der Waals surface area contributed by atoms with Crippen molar-refractivity contribution in [1.29, 1.82) is 0 Å². The second-order valence-electron chi connectivity index (χ2n) is 3.18. The Kier molecular flexibility index (Phi) is 3.25. The van der Waals surface area contributed by atoms with Crippen LogP contribution in [-0.4, -0.2) is 42.7 Å². The minimum Gasteiger partial charge on any atom is -0.394 e. The summed E-state index contributed by atoms with van der Waals surface area (Å²) in [4.78, 5) is 7.73. The summed E-state index contributed by atoms with van der Waals surface area (Å²) in [6.45, 7) is -0.239. The second kappa shape index (κ2) is 4.50. The molecular formula is C8H8Cl2N4O2. The van der Waals surface area contributed by atoms with E-state index in [2.05, 4.69) is 15.1 Å². The lowest BCUT2D eigenvalue weighted by Gasteiger charge is -2.07. The molecule has 1 atom stereocenters. The molecule has 0 radical (unpaired) electrons. The maximum absolute atomic E-state index is 9.31. The van der Waals surface area contributed by atoms with Gasteiger partial charge in [-0.15, -0.1) is 0 Å². The molecule has 0 saturated heterocycles. The highest BCUT2D eigenvalue weighted by Gasteiger charge is 2.12. The fourth-order valence-corrected chi connectivity index (χ4v) is 1.71. The summed E-state index contributed by atoms with van der Waals surface area (Å²) in [5, 5.41) is 22.8. The molecule has 0 aliphatic rings. The predicted octanol–water partition coefficient (Wildman–Crippen LogP) is 0.486. The van der Waals surface area contributed by atoms with Crippen molar-refractivity contribution in [2.75, 3.05) is 6.61 Å². The number of halogens is 2. The van der Waals surface area contributed by atoms with E-state index in [4.69, 9.17) is 28.3 Å². The van der Waals surface area contributed by atoms with Crippen LogP contribution in [-0.2, 0) is 6.54 Å². The quantitative estimate of drug-likeness (QED) is 0.621. The lowest BCUT2D eigenvalue weighted by molar-refractivity contribution is 0.0792. The molecule has 2 aromatic heterocycles. The molecule has 0 bridgehead atoms. The van der Waals surface area contributed by atoms with E-state index in [0.29, 0.717) is 11.0 Å². The van der Waals surface area contributed by atoms with Gasteiger partial charge in [0.2, 0.25) is 5.28 Å². The van der Waals surface area contributed by atoms with Gasteiger partial charge in [0.15, 0.2) is 5.65 Å². The van der Waals surface area contributed by atoms with Gasteiger partial charge >= 0.3 is 0 Å². The van der Waals surface area contributed by atoms with E-state index in [1.54, 1.807) is 0 Å². The largest absolute Gasteiger partial charge is 0.394 e. The summed E-state index contributed by atoms with van der Waals surface area (Å²) in [7, 11) is 0. The maximum atomic E-state index is 9.31. The zero-order chi connectivity index (χ0) is 11.7. The normalized spacial score (nSPS) is 13.2. The standard InChI is InChI=1S/C8H8Cl2N4O2/c9-6-5-1-11-14(2-4(16)3-15)7(5)13-8(10)12-6/h1,4,15-16H,2-3H2. The van der Waals surface area contributed by atoms with Crippen LogP contribution in [0.1, 0.15) is 0 Å². The number of hydrogen-bond acceptors (Lipinski definition) is 5. The fourth-order valence-electron chi connectivity index (χ4n) is 1.29. The van der Waals surface area contributed by atoms with Crippen molar-refractivity contribution < 1.29 is 10.2 Å². The van der Waals surface area contributed by atoms with Gasteiger partial charge in [-0.05, 0) is 11.6 Å². The minimum atomic E-state index is -0.907. The zero-order valence-corrected chi connectivity index (χ0v) is 9.52. The van der Waals surface area contributed by atoms with E-state index >= 15 is 0 Å². The smallest absolute Gasteiger partial charge is 0.225 e. The Bertz CT molecular complexity index is 516. The molecule has 16 heavy (non-hydrogen) atoms. The summed E-state index contributed by atoms with van der Waals surface area (Å²) in [5.41, 5.74) is 0.428. The zero-order valence-electron chi connectivity index (χ0n) is 8.01. The van der Waals surface area contributed by atoms with Crippen LogP contribution in [0.3, 0.4) is 0 Å². The molecule has 2 aromatic rings. The van der Waals surface area contributed by atoms with Gasteiger partial charge in [-0.1, -0.05) is 11.6 Å². The van der Waals surface area contributed by atoms with Gasteiger partial charge in [-0.3, -0.25) is 0 Å². The molecule has 0 aliphatic carbocycles. The van der Waals surface area contributed by atoms with Crippen molar-refractivity contribution in [1.82, 2.24) is 19.7 Å². The number of nitrogens with zero attached hydrogens (tertiary/aromatic N) is 4. The molecule has 2 N–H and O–H groups in total. The Labute approximate surface area is 100 Å². The Morgan fingerprint density at radius 3 is 2.81 bits per heavy atom. The van der Waals surface area contributed by atoms with Gasteiger partial charge in [-0.25, -0.2) is 9.67 Å². The Hall–Kier alpha value is -0.950. The van der Waals surface area contributed by atoms with Gasteiger partial charge in [-0.2, -0.15) is 10.1 Å². The molecule has 0 fully saturated rings. The third kappa shape index (κ3) is 2.10. The maximum Gasteiger partial charge on any atom is 0.225 e. The molecule has 0 aliphatic heterocycles. The van der Waals surface area contributed by atoms with Crippen LogP contribution < -0.4 is 0 Å². The molecule has 86 valence electrons. The van der Waals surface area contributed by atoms with Gasteiger partial charge in [0, 0.05) is 0 Å². The van der Waals surface area contributed by atoms with E-state index < -0.39 is 6.10 Å². The molecule has 0 saturated carbocycles. The van der Waals surface area contributed by atoms with Crippen LogP contribution in [0.25, 0.3) is 11.0 Å². The molecule has 6 nitrogen and oxygen atoms in total. The Balaban J connectivity index is 2.47. The third-order valence-corrected chi connectivity index (χ3v) is 2.47. The van der Waals surface area contributed by atoms with Crippen molar-refractivity contribution >= 4 is 34.2 Å². The van der Waals surface area contributed by atoms with E-state index in [1.165, 1.54) is 10.9 Å². The second-order valence-corrected chi connectivity index (χ2v) is 3.88. The highest BCUT2D eigenvalue weighted by Crippen LogP contribution is 2.21. The van der Waals surface area contributed by atoms with Gasteiger partial charge < -0.3 is 10.2 Å². The van der Waals surface area contributed by atoms with Crippen molar-refractivity contribution in [2.45, 2.75) is 12.6 Å². The molecule has 2 rings (SSSR count). The van der Waals surface area contributed by atoms with Crippen LogP contribution in [0.5, 0.6) is 0 Å². The summed E-state index contributed by atoms with van der Waals surface area (Å²) < 4.78 is 1.41.